The van der Waals surface area contributed by atoms with Crippen LogP contribution in [0.5, 0.6) is 0 Å². The zero-order valence-electron chi connectivity index (χ0n) is 10.8. The van der Waals surface area contributed by atoms with Crippen LogP contribution in [0.25, 0.3) is 0 Å². The lowest BCUT2D eigenvalue weighted by Crippen LogP contribution is -2.32. The molecule has 0 aromatic heterocycles. The Hall–Kier alpha value is -1.59. The molecule has 0 saturated heterocycles. The van der Waals surface area contributed by atoms with Gasteiger partial charge in [-0.25, -0.2) is 4.79 Å². The van der Waals surface area contributed by atoms with Gasteiger partial charge < -0.3 is 10.5 Å². The van der Waals surface area contributed by atoms with E-state index >= 15 is 0 Å². The van der Waals surface area contributed by atoms with Gasteiger partial charge in [0.1, 0.15) is 0 Å². The molecule has 0 bridgehead atoms. The van der Waals surface area contributed by atoms with Crippen LogP contribution in [0.2, 0.25) is 0 Å². The van der Waals surface area contributed by atoms with Crippen molar-refractivity contribution in [3.8, 4) is 0 Å². The van der Waals surface area contributed by atoms with Crippen molar-refractivity contribution >= 4 is 11.8 Å². The second-order valence-electron chi connectivity index (χ2n) is 3.93. The van der Waals surface area contributed by atoms with Gasteiger partial charge >= 0.3 is 6.09 Å². The molecule has 0 spiro atoms. The molecule has 0 heterocycles. The number of nitrogens with zero attached hydrogens (tertiary/aromatic N) is 1. The average molecular weight is 252 g/mol. The third-order valence-corrected chi connectivity index (χ3v) is 2.21. The van der Waals surface area contributed by atoms with Crippen LogP contribution in [-0.2, 0) is 9.57 Å². The van der Waals surface area contributed by atoms with E-state index in [0.717, 1.165) is 5.06 Å². The smallest absolute Gasteiger partial charge is 0.438 e. The van der Waals surface area contributed by atoms with E-state index in [-0.39, 0.29) is 12.6 Å². The van der Waals surface area contributed by atoms with Gasteiger partial charge in [0, 0.05) is 6.04 Å². The summed E-state index contributed by atoms with van der Waals surface area (Å²) in [6.45, 7) is 4.35. The quantitative estimate of drug-likeness (QED) is 0.789. The molecule has 1 rings (SSSR count). The van der Waals surface area contributed by atoms with Gasteiger partial charge in [-0.3, -0.25) is 4.84 Å². The number of amides is 1. The largest absolute Gasteiger partial charge is 0.448 e. The van der Waals surface area contributed by atoms with Gasteiger partial charge in [0.05, 0.1) is 18.9 Å². The van der Waals surface area contributed by atoms with Crippen LogP contribution in [0.1, 0.15) is 20.3 Å². The molecule has 100 valence electrons. The minimum absolute atomic E-state index is 0.00932. The van der Waals surface area contributed by atoms with E-state index < -0.39 is 6.09 Å². The maximum absolute atomic E-state index is 11.9. The van der Waals surface area contributed by atoms with Crippen molar-refractivity contribution in [3.05, 3.63) is 30.3 Å². The van der Waals surface area contributed by atoms with Gasteiger partial charge in [-0.15, -0.1) is 0 Å². The molecule has 5 nitrogen and oxygen atoms in total. The summed E-state index contributed by atoms with van der Waals surface area (Å²) in [5, 5.41) is 1.15. The number of hydroxylamine groups is 1. The van der Waals surface area contributed by atoms with E-state index in [4.69, 9.17) is 15.3 Å². The number of hydrogen-bond donors (Lipinski definition) is 1. The van der Waals surface area contributed by atoms with Crippen molar-refractivity contribution < 1.29 is 14.4 Å². The number of anilines is 1. The first-order valence-electron chi connectivity index (χ1n) is 6.05. The Balaban J connectivity index is 2.59. The van der Waals surface area contributed by atoms with Crippen molar-refractivity contribution in [1.29, 1.82) is 0 Å². The first-order valence-corrected chi connectivity index (χ1v) is 6.05. The van der Waals surface area contributed by atoms with Crippen molar-refractivity contribution in [3.63, 3.8) is 0 Å². The lowest BCUT2D eigenvalue weighted by atomic mass is 10.3. The van der Waals surface area contributed by atoms with Gasteiger partial charge in [-0.2, -0.15) is 5.06 Å². The summed E-state index contributed by atoms with van der Waals surface area (Å²) in [4.78, 5) is 17.1. The highest BCUT2D eigenvalue weighted by molar-refractivity contribution is 5.85. The Kier molecular flexibility index (Phi) is 6.18. The summed E-state index contributed by atoms with van der Waals surface area (Å²) in [5.41, 5.74) is 6.23. The number of carbonyl (C=O) groups is 1. The Labute approximate surface area is 107 Å². The maximum Gasteiger partial charge on any atom is 0.438 e. The molecular weight excluding hydrogens is 232 g/mol. The highest BCUT2D eigenvalue weighted by Gasteiger charge is 2.17. The Bertz CT molecular complexity index is 355. The molecule has 2 N–H and O–H groups in total. The number of nitrogens with two attached hydrogens (primary N) is 1. The number of ether oxygens (including phenoxy) is 1. The first-order chi connectivity index (χ1) is 8.65. The first kappa shape index (κ1) is 14.5. The van der Waals surface area contributed by atoms with Crippen LogP contribution in [-0.4, -0.2) is 25.3 Å². The van der Waals surface area contributed by atoms with Crippen molar-refractivity contribution in [2.75, 3.05) is 18.3 Å². The predicted molar refractivity (Wildman–Crippen MR) is 70.2 cm³/mol. The lowest BCUT2D eigenvalue weighted by molar-refractivity contribution is 0.0795. The molecule has 0 radical (unpaired) electrons. The summed E-state index contributed by atoms with van der Waals surface area (Å²) < 4.78 is 5.10. The molecule has 5 heteroatoms. The van der Waals surface area contributed by atoms with Gasteiger partial charge in [-0.1, -0.05) is 18.2 Å². The standard InChI is InChI=1S/C13H20N2O3/c1-3-18-15(12-7-5-4-6-8-12)13(16)17-10-9-11(2)14/h4-8,11H,3,9-10,14H2,1-2H3. The van der Waals surface area contributed by atoms with Crippen molar-refractivity contribution in [2.45, 2.75) is 26.3 Å². The van der Waals surface area contributed by atoms with Crippen LogP contribution in [0.3, 0.4) is 0 Å². The van der Waals surface area contributed by atoms with E-state index in [1.807, 2.05) is 32.0 Å². The molecule has 1 atom stereocenters. The number of rotatable bonds is 6. The SMILES string of the molecule is CCON(C(=O)OCCC(C)N)c1ccccc1. The fourth-order valence-corrected chi connectivity index (χ4v) is 1.32. The highest BCUT2D eigenvalue weighted by Crippen LogP contribution is 2.15. The Morgan fingerprint density at radius 2 is 2.06 bits per heavy atom. The molecular formula is C13H20N2O3. The fourth-order valence-electron chi connectivity index (χ4n) is 1.32. The van der Waals surface area contributed by atoms with Crippen molar-refractivity contribution in [1.82, 2.24) is 0 Å². The number of hydrogen-bond acceptors (Lipinski definition) is 4. The van der Waals surface area contributed by atoms with Crippen LogP contribution >= 0.6 is 0 Å². The molecule has 1 aromatic carbocycles. The fraction of sp³-hybridized carbons (Fsp3) is 0.462. The highest BCUT2D eigenvalue weighted by atomic mass is 16.7. The number of para-hydroxylation sites is 1. The molecule has 1 amide bonds. The zero-order valence-corrected chi connectivity index (χ0v) is 10.8. The topological polar surface area (TPSA) is 64.8 Å². The third-order valence-electron chi connectivity index (χ3n) is 2.21. The van der Waals surface area contributed by atoms with Crippen molar-refractivity contribution in [2.24, 2.45) is 5.73 Å². The minimum Gasteiger partial charge on any atom is -0.448 e. The average Bonchev–Trinajstić information content (AvgIpc) is 2.36. The van der Waals surface area contributed by atoms with Gasteiger partial charge in [0.15, 0.2) is 0 Å². The predicted octanol–water partition coefficient (Wildman–Crippen LogP) is 2.32. The molecule has 0 aliphatic rings. The minimum atomic E-state index is -0.524. The number of benzene rings is 1. The zero-order chi connectivity index (χ0) is 13.4. The summed E-state index contributed by atoms with van der Waals surface area (Å²) in [6.07, 6.45) is 0.101. The number of carbonyl (C=O) groups excluding carboxylic acids is 1. The summed E-state index contributed by atoms with van der Waals surface area (Å²) in [6, 6.07) is 9.10. The summed E-state index contributed by atoms with van der Waals surface area (Å²) >= 11 is 0. The van der Waals surface area contributed by atoms with E-state index in [1.165, 1.54) is 0 Å². The molecule has 0 aliphatic heterocycles. The van der Waals surface area contributed by atoms with E-state index in [0.29, 0.717) is 18.7 Å². The molecule has 0 saturated carbocycles. The molecule has 0 fully saturated rings. The third kappa shape index (κ3) is 4.73. The van der Waals surface area contributed by atoms with Gasteiger partial charge in [0.2, 0.25) is 0 Å². The van der Waals surface area contributed by atoms with E-state index in [2.05, 4.69) is 0 Å². The molecule has 1 aromatic rings. The molecule has 0 aliphatic carbocycles. The second kappa shape index (κ2) is 7.68. The molecule has 18 heavy (non-hydrogen) atoms. The van der Waals surface area contributed by atoms with Crippen LogP contribution in [0.15, 0.2) is 30.3 Å². The summed E-state index contributed by atoms with van der Waals surface area (Å²) in [7, 11) is 0. The normalized spacial score (nSPS) is 11.9. The summed E-state index contributed by atoms with van der Waals surface area (Å²) in [5.74, 6) is 0. The second-order valence-corrected chi connectivity index (χ2v) is 3.93. The van der Waals surface area contributed by atoms with Gasteiger partial charge in [0.25, 0.3) is 0 Å². The van der Waals surface area contributed by atoms with Crippen LogP contribution in [0.4, 0.5) is 10.5 Å². The van der Waals surface area contributed by atoms with E-state index in [9.17, 15) is 4.79 Å². The maximum atomic E-state index is 11.9. The monoisotopic (exact) mass is 252 g/mol. The van der Waals surface area contributed by atoms with Crippen LogP contribution < -0.4 is 10.8 Å². The lowest BCUT2D eigenvalue weighted by Gasteiger charge is -2.20. The van der Waals surface area contributed by atoms with E-state index in [1.54, 1.807) is 12.1 Å². The van der Waals surface area contributed by atoms with Crippen LogP contribution in [0, 0.1) is 0 Å². The van der Waals surface area contributed by atoms with Gasteiger partial charge in [-0.05, 0) is 32.4 Å². The Morgan fingerprint density at radius 1 is 1.39 bits per heavy atom. The Morgan fingerprint density at radius 3 is 2.61 bits per heavy atom. The molecule has 1 unspecified atom stereocenters.